The predicted octanol–water partition coefficient (Wildman–Crippen LogP) is 6.22. The van der Waals surface area contributed by atoms with Crippen LogP contribution in [0.2, 0.25) is 0 Å². The average molecular weight is 480 g/mol. The topological polar surface area (TPSA) is 75.4 Å². The Labute approximate surface area is 201 Å². The summed E-state index contributed by atoms with van der Waals surface area (Å²) >= 11 is 3.18. The molecule has 0 spiro atoms. The molecule has 0 saturated heterocycles. The summed E-state index contributed by atoms with van der Waals surface area (Å²) in [5.41, 5.74) is 3.70. The van der Waals surface area contributed by atoms with E-state index in [0.717, 1.165) is 21.0 Å². The lowest BCUT2D eigenvalue weighted by molar-refractivity contribution is 0.0773. The Morgan fingerprint density at radius 3 is 2.48 bits per heavy atom. The normalized spacial score (nSPS) is 11.0. The van der Waals surface area contributed by atoms with Crippen molar-refractivity contribution in [2.24, 2.45) is 0 Å². The second-order valence-electron chi connectivity index (χ2n) is 7.46. The number of hydrogen-bond acceptors (Lipinski definition) is 6. The molecule has 4 rings (SSSR count). The zero-order valence-electron chi connectivity index (χ0n) is 18.8. The van der Waals surface area contributed by atoms with E-state index in [9.17, 15) is 9.59 Å². The number of benzene rings is 2. The smallest absolute Gasteiger partial charge is 0.291 e. The molecule has 33 heavy (non-hydrogen) atoms. The third-order valence-corrected chi connectivity index (χ3v) is 7.45. The van der Waals surface area contributed by atoms with Gasteiger partial charge in [-0.2, -0.15) is 0 Å². The SMILES string of the molecule is CCN(CC)C(=O)c1ccc(NC(=O)c2oc3ccccc3c2CSc2nc(C)cs2)cc1. The van der Waals surface area contributed by atoms with Crippen molar-refractivity contribution in [2.45, 2.75) is 30.9 Å². The number of furan rings is 1. The van der Waals surface area contributed by atoms with Crippen molar-refractivity contribution in [3.05, 3.63) is 76.5 Å². The molecule has 2 aromatic carbocycles. The lowest BCUT2D eigenvalue weighted by atomic mass is 10.1. The fourth-order valence-corrected chi connectivity index (χ4v) is 5.41. The summed E-state index contributed by atoms with van der Waals surface area (Å²) in [6.07, 6.45) is 0. The standard InChI is InChI=1S/C25H25N3O3S2/c1-4-28(5-2)24(30)17-10-12-18(13-11-17)27-23(29)22-20(15-33-25-26-16(3)14-32-25)19-8-6-7-9-21(19)31-22/h6-14H,4-5,15H2,1-3H3,(H,27,29). The van der Waals surface area contributed by atoms with Crippen LogP contribution < -0.4 is 5.32 Å². The fraction of sp³-hybridized carbons (Fsp3) is 0.240. The number of amides is 2. The van der Waals surface area contributed by atoms with E-state index in [0.29, 0.717) is 41.4 Å². The van der Waals surface area contributed by atoms with Crippen LogP contribution in [0.25, 0.3) is 11.0 Å². The Hall–Kier alpha value is -3.10. The molecule has 0 atom stereocenters. The van der Waals surface area contributed by atoms with Crippen LogP contribution in [-0.4, -0.2) is 34.8 Å². The minimum atomic E-state index is -0.320. The first-order chi connectivity index (χ1) is 16.0. The summed E-state index contributed by atoms with van der Waals surface area (Å²) in [4.78, 5) is 31.9. The number of nitrogens with one attached hydrogen (secondary N) is 1. The zero-order valence-corrected chi connectivity index (χ0v) is 20.4. The maximum atomic E-state index is 13.1. The molecule has 0 aliphatic carbocycles. The van der Waals surface area contributed by atoms with Gasteiger partial charge in [0.2, 0.25) is 0 Å². The van der Waals surface area contributed by atoms with Crippen molar-refractivity contribution in [1.82, 2.24) is 9.88 Å². The molecular weight excluding hydrogens is 454 g/mol. The van der Waals surface area contributed by atoms with E-state index < -0.39 is 0 Å². The highest BCUT2D eigenvalue weighted by Crippen LogP contribution is 2.33. The summed E-state index contributed by atoms with van der Waals surface area (Å²) in [6.45, 7) is 7.18. The minimum absolute atomic E-state index is 0.0214. The average Bonchev–Trinajstić information content (AvgIpc) is 3.42. The van der Waals surface area contributed by atoms with Gasteiger partial charge in [-0.05, 0) is 51.1 Å². The molecule has 2 heterocycles. The van der Waals surface area contributed by atoms with Gasteiger partial charge in [0.25, 0.3) is 11.8 Å². The first-order valence-electron chi connectivity index (χ1n) is 10.8. The van der Waals surface area contributed by atoms with Gasteiger partial charge in [0.15, 0.2) is 5.76 Å². The van der Waals surface area contributed by atoms with Crippen LogP contribution in [0, 0.1) is 6.92 Å². The van der Waals surface area contributed by atoms with Gasteiger partial charge < -0.3 is 14.6 Å². The van der Waals surface area contributed by atoms with Crippen LogP contribution in [0.15, 0.2) is 62.7 Å². The number of thiazole rings is 1. The van der Waals surface area contributed by atoms with Gasteiger partial charge >= 0.3 is 0 Å². The van der Waals surface area contributed by atoms with Crippen LogP contribution in [0.4, 0.5) is 5.69 Å². The van der Waals surface area contributed by atoms with Gasteiger partial charge in [0, 0.05) is 52.1 Å². The highest BCUT2D eigenvalue weighted by Gasteiger charge is 2.21. The summed E-state index contributed by atoms with van der Waals surface area (Å²) in [5, 5.41) is 5.84. The number of nitrogens with zero attached hydrogens (tertiary/aromatic N) is 2. The number of aromatic nitrogens is 1. The highest BCUT2D eigenvalue weighted by molar-refractivity contribution is 8.00. The number of para-hydroxylation sites is 1. The van der Waals surface area contributed by atoms with E-state index in [-0.39, 0.29) is 11.8 Å². The number of thioether (sulfide) groups is 1. The van der Waals surface area contributed by atoms with Crippen LogP contribution >= 0.6 is 23.1 Å². The maximum Gasteiger partial charge on any atom is 0.291 e. The molecule has 170 valence electrons. The molecule has 0 fully saturated rings. The third kappa shape index (κ3) is 5.12. The van der Waals surface area contributed by atoms with Gasteiger partial charge in [-0.1, -0.05) is 30.0 Å². The number of anilines is 1. The van der Waals surface area contributed by atoms with E-state index in [4.69, 9.17) is 4.42 Å². The molecule has 0 unspecified atom stereocenters. The summed E-state index contributed by atoms with van der Waals surface area (Å²) < 4.78 is 6.90. The molecule has 1 N–H and O–H groups in total. The number of rotatable bonds is 8. The molecule has 2 aromatic heterocycles. The second-order valence-corrected chi connectivity index (χ2v) is 9.54. The molecule has 4 aromatic rings. The molecule has 8 heteroatoms. The van der Waals surface area contributed by atoms with Crippen LogP contribution in [0.3, 0.4) is 0 Å². The summed E-state index contributed by atoms with van der Waals surface area (Å²) in [6, 6.07) is 14.6. The molecule has 6 nitrogen and oxygen atoms in total. The Balaban J connectivity index is 1.54. The molecule has 2 amide bonds. The largest absolute Gasteiger partial charge is 0.451 e. The van der Waals surface area contributed by atoms with Gasteiger partial charge in [0.05, 0.1) is 0 Å². The lowest BCUT2D eigenvalue weighted by Gasteiger charge is -2.18. The van der Waals surface area contributed by atoms with Crippen LogP contribution in [0.5, 0.6) is 0 Å². The Morgan fingerprint density at radius 1 is 1.09 bits per heavy atom. The van der Waals surface area contributed by atoms with Gasteiger partial charge in [-0.25, -0.2) is 4.98 Å². The summed E-state index contributed by atoms with van der Waals surface area (Å²) in [7, 11) is 0. The second kappa shape index (κ2) is 10.2. The summed E-state index contributed by atoms with van der Waals surface area (Å²) in [5.74, 6) is 0.524. The van der Waals surface area contributed by atoms with Crippen molar-refractivity contribution >= 4 is 51.6 Å². The predicted molar refractivity (Wildman–Crippen MR) is 134 cm³/mol. The highest BCUT2D eigenvalue weighted by atomic mass is 32.2. The van der Waals surface area contributed by atoms with Crippen molar-refractivity contribution < 1.29 is 14.0 Å². The van der Waals surface area contributed by atoms with Crippen molar-refractivity contribution in [3.63, 3.8) is 0 Å². The third-order valence-electron chi connectivity index (χ3n) is 5.28. The lowest BCUT2D eigenvalue weighted by Crippen LogP contribution is -2.30. The van der Waals surface area contributed by atoms with E-state index in [1.165, 1.54) is 0 Å². The van der Waals surface area contributed by atoms with E-state index >= 15 is 0 Å². The van der Waals surface area contributed by atoms with Gasteiger partial charge in [-0.3, -0.25) is 9.59 Å². The number of hydrogen-bond donors (Lipinski definition) is 1. The maximum absolute atomic E-state index is 13.1. The van der Waals surface area contributed by atoms with Crippen molar-refractivity contribution in [2.75, 3.05) is 18.4 Å². The molecule has 0 aliphatic rings. The molecule has 0 aliphatic heterocycles. The van der Waals surface area contributed by atoms with E-state index in [1.807, 2.05) is 50.4 Å². The first kappa shape index (κ1) is 23.1. The van der Waals surface area contributed by atoms with Crippen molar-refractivity contribution in [3.8, 4) is 0 Å². The first-order valence-corrected chi connectivity index (χ1v) is 12.6. The van der Waals surface area contributed by atoms with Crippen LogP contribution in [0.1, 0.15) is 46.0 Å². The van der Waals surface area contributed by atoms with Crippen LogP contribution in [-0.2, 0) is 5.75 Å². The number of carbonyl (C=O) groups excluding carboxylic acids is 2. The molecule has 0 saturated carbocycles. The van der Waals surface area contributed by atoms with E-state index in [2.05, 4.69) is 10.3 Å². The van der Waals surface area contributed by atoms with E-state index in [1.54, 1.807) is 52.3 Å². The minimum Gasteiger partial charge on any atom is -0.451 e. The monoisotopic (exact) mass is 479 g/mol. The molecule has 0 bridgehead atoms. The van der Waals surface area contributed by atoms with Gasteiger partial charge in [0.1, 0.15) is 9.92 Å². The van der Waals surface area contributed by atoms with Gasteiger partial charge in [-0.15, -0.1) is 11.3 Å². The zero-order chi connectivity index (χ0) is 23.4. The Morgan fingerprint density at radius 2 is 1.82 bits per heavy atom. The number of carbonyl (C=O) groups is 2. The molecule has 0 radical (unpaired) electrons. The fourth-order valence-electron chi connectivity index (χ4n) is 3.54. The molecular formula is C25H25N3O3S2. The van der Waals surface area contributed by atoms with Crippen molar-refractivity contribution in [1.29, 1.82) is 0 Å². The quantitative estimate of drug-likeness (QED) is 0.304. The Bertz CT molecular complexity index is 1270. The number of fused-ring (bicyclic) bond motifs is 1. The number of aryl methyl sites for hydroxylation is 1. The Kier molecular flexibility index (Phi) is 7.15.